The molecule has 220 valence electrons. The molecule has 0 aliphatic heterocycles. The van der Waals surface area contributed by atoms with Crippen LogP contribution in [0.25, 0.3) is 0 Å². The molecule has 2 fully saturated rings. The highest BCUT2D eigenvalue weighted by molar-refractivity contribution is 6.02. The zero-order chi connectivity index (χ0) is 29.3. The summed E-state index contributed by atoms with van der Waals surface area (Å²) >= 11 is 0. The molecule has 2 aromatic rings. The standard InChI is InChI=1S/C29H34F3N5O4/c1-16(2)37-23(11-12-34-37)27(39)36-25(24(17-3-4-17)18-5-6-18)28(40)35-20-8-10-21-19(15-20)7-9-22(21)26(38)33-13-14-41-29(30,31)32/h8,10-12,15-17,22,25H,3-7,9,13-14H2,1-2H3,(H,33,38)(H,35,40)(H,36,39)/t22?,25-/m0/s1. The molecule has 1 unspecified atom stereocenters. The number of anilines is 1. The van der Waals surface area contributed by atoms with Crippen LogP contribution in [0.4, 0.5) is 18.9 Å². The van der Waals surface area contributed by atoms with Crippen molar-refractivity contribution in [3.63, 3.8) is 0 Å². The van der Waals surface area contributed by atoms with Crippen molar-refractivity contribution in [2.45, 2.75) is 76.7 Å². The predicted molar refractivity (Wildman–Crippen MR) is 144 cm³/mol. The second-order valence-corrected chi connectivity index (χ2v) is 11.1. The lowest BCUT2D eigenvalue weighted by Gasteiger charge is -2.23. The van der Waals surface area contributed by atoms with Crippen LogP contribution >= 0.6 is 0 Å². The molecule has 0 radical (unpaired) electrons. The first-order chi connectivity index (χ1) is 19.5. The first kappa shape index (κ1) is 28.8. The average molecular weight is 574 g/mol. The van der Waals surface area contributed by atoms with E-state index in [1.807, 2.05) is 19.9 Å². The smallest absolute Gasteiger partial charge is 0.353 e. The van der Waals surface area contributed by atoms with Crippen LogP contribution in [0.2, 0.25) is 0 Å². The third kappa shape index (κ3) is 6.98. The Morgan fingerprint density at radius 2 is 1.85 bits per heavy atom. The van der Waals surface area contributed by atoms with Gasteiger partial charge in [-0.2, -0.15) is 5.10 Å². The maximum absolute atomic E-state index is 13.7. The molecule has 12 heteroatoms. The van der Waals surface area contributed by atoms with Crippen molar-refractivity contribution in [2.75, 3.05) is 18.5 Å². The molecule has 3 amide bonds. The molecule has 2 saturated carbocycles. The Labute approximate surface area is 235 Å². The van der Waals surface area contributed by atoms with Gasteiger partial charge in [-0.1, -0.05) is 11.6 Å². The van der Waals surface area contributed by atoms with Crippen molar-refractivity contribution < 1.29 is 32.3 Å². The van der Waals surface area contributed by atoms with Crippen molar-refractivity contribution in [3.05, 3.63) is 58.4 Å². The van der Waals surface area contributed by atoms with Crippen LogP contribution in [0.1, 0.15) is 79.5 Å². The van der Waals surface area contributed by atoms with E-state index in [1.54, 1.807) is 29.1 Å². The van der Waals surface area contributed by atoms with Crippen LogP contribution < -0.4 is 16.0 Å². The molecule has 5 rings (SSSR count). The molecule has 1 aromatic carbocycles. The van der Waals surface area contributed by atoms with E-state index >= 15 is 0 Å². The fourth-order valence-corrected chi connectivity index (χ4v) is 5.52. The molecule has 1 aromatic heterocycles. The number of aryl methyl sites for hydroxylation is 1. The Balaban J connectivity index is 1.27. The fraction of sp³-hybridized carbons (Fsp3) is 0.517. The number of fused-ring (bicyclic) bond motifs is 1. The number of nitrogens with one attached hydrogen (secondary N) is 3. The van der Waals surface area contributed by atoms with E-state index in [9.17, 15) is 27.6 Å². The van der Waals surface area contributed by atoms with E-state index in [1.165, 1.54) is 5.57 Å². The molecule has 3 aliphatic rings. The summed E-state index contributed by atoms with van der Waals surface area (Å²) in [5, 5.41) is 12.7. The Morgan fingerprint density at radius 3 is 2.51 bits per heavy atom. The lowest BCUT2D eigenvalue weighted by molar-refractivity contribution is -0.323. The minimum absolute atomic E-state index is 0.0201. The molecule has 3 N–H and O–H groups in total. The number of rotatable bonds is 11. The number of allylic oxidation sites excluding steroid dienone is 1. The average Bonchev–Trinajstić information content (AvgIpc) is 3.83. The summed E-state index contributed by atoms with van der Waals surface area (Å²) in [5.41, 5.74) is 4.85. The lowest BCUT2D eigenvalue weighted by atomic mass is 9.98. The van der Waals surface area contributed by atoms with E-state index in [0.717, 1.165) is 42.4 Å². The van der Waals surface area contributed by atoms with Gasteiger partial charge in [-0.15, -0.1) is 13.2 Å². The normalized spacial score (nSPS) is 18.6. The first-order valence-electron chi connectivity index (χ1n) is 14.0. The van der Waals surface area contributed by atoms with Crippen LogP contribution in [0.15, 0.2) is 41.6 Å². The number of hydrogen-bond donors (Lipinski definition) is 3. The fourth-order valence-electron chi connectivity index (χ4n) is 5.52. The van der Waals surface area contributed by atoms with E-state index < -0.39 is 24.9 Å². The Hall–Kier alpha value is -3.67. The van der Waals surface area contributed by atoms with Crippen molar-refractivity contribution in [1.82, 2.24) is 20.4 Å². The number of benzene rings is 1. The number of hydrogen-bond acceptors (Lipinski definition) is 5. The zero-order valence-corrected chi connectivity index (χ0v) is 23.0. The minimum atomic E-state index is -4.74. The Kier molecular flexibility index (Phi) is 8.21. The van der Waals surface area contributed by atoms with Gasteiger partial charge in [-0.3, -0.25) is 23.8 Å². The lowest BCUT2D eigenvalue weighted by Crippen LogP contribution is -2.46. The van der Waals surface area contributed by atoms with Crippen molar-refractivity contribution >= 4 is 23.4 Å². The maximum Gasteiger partial charge on any atom is 0.522 e. The molecule has 41 heavy (non-hydrogen) atoms. The quantitative estimate of drug-likeness (QED) is 0.273. The van der Waals surface area contributed by atoms with Gasteiger partial charge in [0, 0.05) is 24.5 Å². The monoisotopic (exact) mass is 573 g/mol. The van der Waals surface area contributed by atoms with Gasteiger partial charge in [0.2, 0.25) is 5.91 Å². The SMILES string of the molecule is CC(C)n1nccc1C(=O)N[C@H](C(=O)Nc1ccc2c(c1)CCC2C(=O)NCCOC(F)(F)F)C(=C1CC1)C1CC1. The third-order valence-electron chi connectivity index (χ3n) is 7.64. The molecule has 2 atom stereocenters. The van der Waals surface area contributed by atoms with Crippen LogP contribution in [0, 0.1) is 5.92 Å². The van der Waals surface area contributed by atoms with Gasteiger partial charge in [0.05, 0.1) is 12.5 Å². The Morgan fingerprint density at radius 1 is 1.10 bits per heavy atom. The van der Waals surface area contributed by atoms with Gasteiger partial charge in [0.25, 0.3) is 11.8 Å². The zero-order valence-electron chi connectivity index (χ0n) is 23.0. The summed E-state index contributed by atoms with van der Waals surface area (Å²) in [6.07, 6.45) is 1.78. The van der Waals surface area contributed by atoms with Crippen molar-refractivity contribution in [1.29, 1.82) is 0 Å². The summed E-state index contributed by atoms with van der Waals surface area (Å²) in [7, 11) is 0. The molecule has 9 nitrogen and oxygen atoms in total. The number of halogens is 3. The van der Waals surface area contributed by atoms with E-state index in [0.29, 0.717) is 30.1 Å². The summed E-state index contributed by atoms with van der Waals surface area (Å²) in [4.78, 5) is 39.6. The molecular weight excluding hydrogens is 539 g/mol. The van der Waals surface area contributed by atoms with E-state index in [-0.39, 0.29) is 30.3 Å². The molecule has 0 saturated heterocycles. The molecule has 0 bridgehead atoms. The minimum Gasteiger partial charge on any atom is -0.353 e. The molecule has 3 aliphatic carbocycles. The van der Waals surface area contributed by atoms with Gasteiger partial charge in [0.15, 0.2) is 0 Å². The molecule has 0 spiro atoms. The highest BCUT2D eigenvalue weighted by Crippen LogP contribution is 2.46. The number of ether oxygens (including phenoxy) is 1. The largest absolute Gasteiger partial charge is 0.522 e. The number of nitrogens with zero attached hydrogens (tertiary/aromatic N) is 2. The number of amides is 3. The topological polar surface area (TPSA) is 114 Å². The van der Waals surface area contributed by atoms with Gasteiger partial charge < -0.3 is 16.0 Å². The molecule has 1 heterocycles. The first-order valence-corrected chi connectivity index (χ1v) is 14.0. The summed E-state index contributed by atoms with van der Waals surface area (Å²) in [5.74, 6) is -1.25. The number of carbonyl (C=O) groups is 3. The third-order valence-corrected chi connectivity index (χ3v) is 7.64. The predicted octanol–water partition coefficient (Wildman–Crippen LogP) is 4.38. The second-order valence-electron chi connectivity index (χ2n) is 11.1. The van der Waals surface area contributed by atoms with Crippen molar-refractivity contribution in [3.8, 4) is 0 Å². The van der Waals surface area contributed by atoms with Crippen LogP contribution in [-0.2, 0) is 20.7 Å². The Bertz CT molecular complexity index is 1360. The maximum atomic E-state index is 13.7. The van der Waals surface area contributed by atoms with Crippen LogP contribution in [0.5, 0.6) is 0 Å². The number of aromatic nitrogens is 2. The summed E-state index contributed by atoms with van der Waals surface area (Å²) in [6.45, 7) is 2.96. The van der Waals surface area contributed by atoms with Gasteiger partial charge >= 0.3 is 6.36 Å². The number of alkyl halides is 3. The van der Waals surface area contributed by atoms with Gasteiger partial charge in [0.1, 0.15) is 11.7 Å². The van der Waals surface area contributed by atoms with Crippen LogP contribution in [0.3, 0.4) is 0 Å². The van der Waals surface area contributed by atoms with Crippen LogP contribution in [-0.4, -0.2) is 53.1 Å². The summed E-state index contributed by atoms with van der Waals surface area (Å²) in [6, 6.07) is 6.11. The number of carbonyl (C=O) groups excluding carboxylic acids is 3. The summed E-state index contributed by atoms with van der Waals surface area (Å²) < 4.78 is 41.8. The second kappa shape index (κ2) is 11.7. The van der Waals surface area contributed by atoms with Crippen molar-refractivity contribution in [2.24, 2.45) is 5.92 Å². The molecular formula is C29H34F3N5O4. The highest BCUT2D eigenvalue weighted by Gasteiger charge is 2.40. The van der Waals surface area contributed by atoms with E-state index in [2.05, 4.69) is 25.8 Å². The van der Waals surface area contributed by atoms with Gasteiger partial charge in [-0.25, -0.2) is 0 Å². The van der Waals surface area contributed by atoms with Gasteiger partial charge in [-0.05, 0) is 93.2 Å². The highest BCUT2D eigenvalue weighted by atomic mass is 19.4. The van der Waals surface area contributed by atoms with E-state index in [4.69, 9.17) is 0 Å².